The number of nitrogens with one attached hydrogen (secondary N) is 1. The molecule has 0 saturated carbocycles. The van der Waals surface area contributed by atoms with Gasteiger partial charge in [-0.3, -0.25) is 0 Å². The van der Waals surface area contributed by atoms with E-state index in [2.05, 4.69) is 23.5 Å². The highest BCUT2D eigenvalue weighted by atomic mass is 35.5. The van der Waals surface area contributed by atoms with Crippen LogP contribution in [-0.4, -0.2) is 13.7 Å². The first-order valence-corrected chi connectivity index (χ1v) is 9.89. The largest absolute Gasteiger partial charge is 0.497 e. The first-order valence-electron chi connectivity index (χ1n) is 9.14. The summed E-state index contributed by atoms with van der Waals surface area (Å²) >= 11 is 12.0. The van der Waals surface area contributed by atoms with Gasteiger partial charge in [0.25, 0.3) is 0 Å². The maximum absolute atomic E-state index is 6.07. The quantitative estimate of drug-likeness (QED) is 0.440. The van der Waals surface area contributed by atoms with Crippen LogP contribution in [0, 0.1) is 0 Å². The van der Waals surface area contributed by atoms with Gasteiger partial charge in [0.2, 0.25) is 0 Å². The average molecular weight is 416 g/mol. The third-order valence-corrected chi connectivity index (χ3v) is 5.15. The van der Waals surface area contributed by atoms with Gasteiger partial charge in [0.1, 0.15) is 18.1 Å². The molecule has 0 aliphatic rings. The number of benzene rings is 3. The van der Waals surface area contributed by atoms with Crippen LogP contribution < -0.4 is 14.8 Å². The number of hydrogen-bond acceptors (Lipinski definition) is 3. The van der Waals surface area contributed by atoms with E-state index >= 15 is 0 Å². The van der Waals surface area contributed by atoms with Crippen molar-refractivity contribution in [3.63, 3.8) is 0 Å². The summed E-state index contributed by atoms with van der Waals surface area (Å²) in [5.74, 6) is 1.75. The summed E-state index contributed by atoms with van der Waals surface area (Å²) in [6.45, 7) is 2.07. The van der Waals surface area contributed by atoms with Gasteiger partial charge < -0.3 is 14.8 Å². The molecule has 0 saturated heterocycles. The smallest absolute Gasteiger partial charge is 0.124 e. The monoisotopic (exact) mass is 415 g/mol. The minimum Gasteiger partial charge on any atom is -0.497 e. The van der Waals surface area contributed by atoms with Gasteiger partial charge >= 0.3 is 0 Å². The fraction of sp³-hybridized carbons (Fsp3) is 0.217. The second-order valence-corrected chi connectivity index (χ2v) is 7.23. The van der Waals surface area contributed by atoms with Gasteiger partial charge in [-0.05, 0) is 54.4 Å². The van der Waals surface area contributed by atoms with E-state index in [9.17, 15) is 0 Å². The lowest BCUT2D eigenvalue weighted by atomic mass is 10.1. The van der Waals surface area contributed by atoms with Gasteiger partial charge in [0.05, 0.1) is 17.2 Å². The van der Waals surface area contributed by atoms with Crippen molar-refractivity contribution >= 4 is 23.2 Å². The molecule has 0 fully saturated rings. The third-order valence-electron chi connectivity index (χ3n) is 4.42. The summed E-state index contributed by atoms with van der Waals surface area (Å²) < 4.78 is 11.2. The van der Waals surface area contributed by atoms with Crippen LogP contribution in [0.4, 0.5) is 0 Å². The second kappa shape index (κ2) is 10.4. The molecular weight excluding hydrogens is 393 g/mol. The second-order valence-electron chi connectivity index (χ2n) is 6.42. The van der Waals surface area contributed by atoms with Crippen molar-refractivity contribution in [1.29, 1.82) is 0 Å². The van der Waals surface area contributed by atoms with Gasteiger partial charge in [-0.1, -0.05) is 59.6 Å². The Labute approximate surface area is 176 Å². The molecule has 3 rings (SSSR count). The number of halogens is 2. The van der Waals surface area contributed by atoms with E-state index in [1.165, 1.54) is 5.56 Å². The maximum Gasteiger partial charge on any atom is 0.124 e. The van der Waals surface area contributed by atoms with Crippen LogP contribution in [0.2, 0.25) is 10.0 Å². The van der Waals surface area contributed by atoms with Crippen LogP contribution in [0.25, 0.3) is 0 Å². The summed E-state index contributed by atoms with van der Waals surface area (Å²) in [4.78, 5) is 0. The molecule has 0 unspecified atom stereocenters. The molecule has 0 atom stereocenters. The first-order chi connectivity index (χ1) is 13.7. The van der Waals surface area contributed by atoms with Crippen molar-refractivity contribution in [2.24, 2.45) is 0 Å². The summed E-state index contributed by atoms with van der Waals surface area (Å²) in [6, 6.07) is 21.8. The Hall–Kier alpha value is -2.20. The highest BCUT2D eigenvalue weighted by Crippen LogP contribution is 2.24. The maximum atomic E-state index is 6.07. The Balaban J connectivity index is 1.50. The summed E-state index contributed by atoms with van der Waals surface area (Å²) in [5.41, 5.74) is 3.38. The number of hydrogen-bond donors (Lipinski definition) is 1. The van der Waals surface area contributed by atoms with Gasteiger partial charge in [0, 0.05) is 12.1 Å². The molecule has 0 spiro atoms. The molecule has 0 aliphatic carbocycles. The Morgan fingerprint density at radius 1 is 0.857 bits per heavy atom. The normalized spacial score (nSPS) is 10.7. The zero-order valence-corrected chi connectivity index (χ0v) is 17.3. The van der Waals surface area contributed by atoms with Gasteiger partial charge in [-0.25, -0.2) is 0 Å². The molecule has 0 aromatic heterocycles. The number of rotatable bonds is 9. The summed E-state index contributed by atoms with van der Waals surface area (Å²) in [5, 5.41) is 4.57. The Morgan fingerprint density at radius 3 is 2.36 bits per heavy atom. The van der Waals surface area contributed by atoms with Crippen molar-refractivity contribution in [3.8, 4) is 11.5 Å². The van der Waals surface area contributed by atoms with E-state index in [1.54, 1.807) is 13.2 Å². The molecule has 0 radical (unpaired) electrons. The number of methoxy groups -OCH3 is 1. The van der Waals surface area contributed by atoms with E-state index in [1.807, 2.05) is 42.5 Å². The van der Waals surface area contributed by atoms with Crippen molar-refractivity contribution in [3.05, 3.63) is 93.5 Å². The minimum absolute atomic E-state index is 0.444. The highest BCUT2D eigenvalue weighted by molar-refractivity contribution is 6.42. The van der Waals surface area contributed by atoms with E-state index in [0.717, 1.165) is 42.1 Å². The topological polar surface area (TPSA) is 30.5 Å². The summed E-state index contributed by atoms with van der Waals surface area (Å²) in [6.07, 6.45) is 0.955. The highest BCUT2D eigenvalue weighted by Gasteiger charge is 2.05. The predicted molar refractivity (Wildman–Crippen MR) is 116 cm³/mol. The van der Waals surface area contributed by atoms with Gasteiger partial charge in [-0.2, -0.15) is 0 Å². The van der Waals surface area contributed by atoms with Crippen LogP contribution in [0.3, 0.4) is 0 Å². The molecule has 28 heavy (non-hydrogen) atoms. The van der Waals surface area contributed by atoms with Crippen molar-refractivity contribution in [2.75, 3.05) is 13.7 Å². The minimum atomic E-state index is 0.444. The van der Waals surface area contributed by atoms with Crippen molar-refractivity contribution in [2.45, 2.75) is 19.6 Å². The summed E-state index contributed by atoms with van der Waals surface area (Å²) in [7, 11) is 1.68. The third kappa shape index (κ3) is 5.90. The first kappa shape index (κ1) is 20.5. The van der Waals surface area contributed by atoms with E-state index < -0.39 is 0 Å². The zero-order valence-electron chi connectivity index (χ0n) is 15.8. The lowest BCUT2D eigenvalue weighted by Crippen LogP contribution is -2.17. The molecule has 0 heterocycles. The van der Waals surface area contributed by atoms with Crippen LogP contribution >= 0.6 is 23.2 Å². The molecule has 0 aliphatic heterocycles. The Bertz CT molecular complexity index is 897. The molecule has 1 N–H and O–H groups in total. The van der Waals surface area contributed by atoms with E-state index in [4.69, 9.17) is 32.7 Å². The fourth-order valence-electron chi connectivity index (χ4n) is 2.83. The van der Waals surface area contributed by atoms with Crippen molar-refractivity contribution in [1.82, 2.24) is 5.32 Å². The van der Waals surface area contributed by atoms with Crippen LogP contribution in [-0.2, 0) is 19.6 Å². The lowest BCUT2D eigenvalue weighted by molar-refractivity contribution is 0.302. The molecule has 3 nitrogen and oxygen atoms in total. The SMILES string of the molecule is COc1ccc(CCNCc2ccccc2OCc2ccc(Cl)c(Cl)c2)cc1. The van der Waals surface area contributed by atoms with E-state index in [0.29, 0.717) is 16.7 Å². The van der Waals surface area contributed by atoms with Gasteiger partial charge in [0.15, 0.2) is 0 Å². The van der Waals surface area contributed by atoms with Crippen molar-refractivity contribution < 1.29 is 9.47 Å². The number of para-hydroxylation sites is 1. The van der Waals surface area contributed by atoms with Gasteiger partial charge in [-0.15, -0.1) is 0 Å². The fourth-order valence-corrected chi connectivity index (χ4v) is 3.15. The molecular formula is C23H23Cl2NO2. The molecule has 5 heteroatoms. The van der Waals surface area contributed by atoms with E-state index in [-0.39, 0.29) is 0 Å². The average Bonchev–Trinajstić information content (AvgIpc) is 2.73. The Kier molecular flexibility index (Phi) is 7.61. The zero-order chi connectivity index (χ0) is 19.8. The Morgan fingerprint density at radius 2 is 1.61 bits per heavy atom. The van der Waals surface area contributed by atoms with Crippen LogP contribution in [0.1, 0.15) is 16.7 Å². The van der Waals surface area contributed by atoms with Crippen LogP contribution in [0.15, 0.2) is 66.7 Å². The standard InChI is InChI=1S/C23H23Cl2NO2/c1-27-20-9-6-17(7-10-20)12-13-26-15-19-4-2-3-5-23(19)28-16-18-8-11-21(24)22(25)14-18/h2-11,14,26H,12-13,15-16H2,1H3. The van der Waals surface area contributed by atoms with Crippen LogP contribution in [0.5, 0.6) is 11.5 Å². The molecule has 3 aromatic rings. The molecule has 0 bridgehead atoms. The molecule has 0 amide bonds. The molecule has 146 valence electrons. The number of ether oxygens (including phenoxy) is 2. The lowest BCUT2D eigenvalue weighted by Gasteiger charge is -2.13. The molecule has 3 aromatic carbocycles. The predicted octanol–water partition coefficient (Wildman–Crippen LogP) is 5.91.